The van der Waals surface area contributed by atoms with Crippen LogP contribution in [0.15, 0.2) is 49.7 Å². The van der Waals surface area contributed by atoms with Crippen LogP contribution in [0.1, 0.15) is 12.0 Å². The molecule has 2 heterocycles. The maximum Gasteiger partial charge on any atom is 0.416 e. The van der Waals surface area contributed by atoms with Crippen molar-refractivity contribution in [1.29, 1.82) is 0 Å². The Hall–Kier alpha value is -2.62. The Labute approximate surface area is 157 Å². The van der Waals surface area contributed by atoms with Crippen LogP contribution in [0.2, 0.25) is 0 Å². The lowest BCUT2D eigenvalue weighted by Crippen LogP contribution is -2.30. The van der Waals surface area contributed by atoms with E-state index in [2.05, 4.69) is 0 Å². The molecule has 4 nitrogen and oxygen atoms in total. The number of aromatic nitrogens is 2. The zero-order valence-corrected chi connectivity index (χ0v) is 15.0. The second-order valence-electron chi connectivity index (χ2n) is 6.40. The molecule has 0 radical (unpaired) electrons. The van der Waals surface area contributed by atoms with Gasteiger partial charge in [-0.15, -0.1) is 0 Å². The van der Waals surface area contributed by atoms with E-state index in [1.165, 1.54) is 10.6 Å². The summed E-state index contributed by atoms with van der Waals surface area (Å²) in [4.78, 5) is 26.7. The van der Waals surface area contributed by atoms with Crippen LogP contribution in [0.4, 0.5) is 22.0 Å². The molecule has 0 saturated heterocycles. The van der Waals surface area contributed by atoms with Gasteiger partial charge in [-0.2, -0.15) is 24.1 Å². The number of H-pyrrole nitrogens is 1. The Kier molecular flexibility index (Phi) is 4.33. The van der Waals surface area contributed by atoms with Gasteiger partial charge in [0.05, 0.1) is 16.5 Å². The maximum absolute atomic E-state index is 14.4. The van der Waals surface area contributed by atoms with Gasteiger partial charge < -0.3 is 0 Å². The molecular formula is C18H13F5N2O2S. The zero-order chi connectivity index (χ0) is 20.2. The van der Waals surface area contributed by atoms with Gasteiger partial charge in [-0.1, -0.05) is 0 Å². The number of rotatable bonds is 1. The topological polar surface area (TPSA) is 54.9 Å². The van der Waals surface area contributed by atoms with Crippen LogP contribution in [-0.2, 0) is 12.7 Å². The first-order chi connectivity index (χ1) is 13.2. The zero-order valence-electron chi connectivity index (χ0n) is 14.1. The minimum atomic E-state index is -4.73. The molecule has 0 bridgehead atoms. The molecule has 10 heteroatoms. The molecule has 1 aliphatic rings. The van der Waals surface area contributed by atoms with Crippen LogP contribution >= 0.6 is 10.9 Å². The number of alkyl halides is 3. The number of benzene rings is 2. The average molecular weight is 416 g/mol. The van der Waals surface area contributed by atoms with Gasteiger partial charge in [-0.25, -0.2) is 13.6 Å². The van der Waals surface area contributed by atoms with Crippen molar-refractivity contribution in [3.05, 3.63) is 68.4 Å². The molecule has 0 spiro atoms. The molecule has 0 amide bonds. The Morgan fingerprint density at radius 3 is 2.46 bits per heavy atom. The lowest BCUT2D eigenvalue weighted by Gasteiger charge is -2.23. The number of hydrogen-bond acceptors (Lipinski definition) is 2. The Morgan fingerprint density at radius 2 is 1.79 bits per heavy atom. The van der Waals surface area contributed by atoms with Crippen molar-refractivity contribution < 1.29 is 22.0 Å². The van der Waals surface area contributed by atoms with E-state index < -0.39 is 45.5 Å². The van der Waals surface area contributed by atoms with Crippen LogP contribution in [0.5, 0.6) is 0 Å². The summed E-state index contributed by atoms with van der Waals surface area (Å²) < 4.78 is 69.3. The lowest BCUT2D eigenvalue weighted by atomic mass is 10.1. The van der Waals surface area contributed by atoms with Crippen molar-refractivity contribution in [2.24, 2.45) is 0 Å². The van der Waals surface area contributed by atoms with Crippen molar-refractivity contribution in [3.8, 4) is 0 Å². The number of thiol groups is 1. The highest BCUT2D eigenvalue weighted by atomic mass is 32.2. The minimum absolute atomic E-state index is 0.0779. The fourth-order valence-corrected chi connectivity index (χ4v) is 6.02. The third-order valence-electron chi connectivity index (χ3n) is 4.65. The smallest absolute Gasteiger partial charge is 0.292 e. The second-order valence-corrected chi connectivity index (χ2v) is 8.67. The number of aromatic amines is 1. The third kappa shape index (κ3) is 3.01. The van der Waals surface area contributed by atoms with E-state index in [0.717, 1.165) is 12.1 Å². The molecule has 0 saturated carbocycles. The van der Waals surface area contributed by atoms with Crippen LogP contribution in [0.25, 0.3) is 10.9 Å². The first kappa shape index (κ1) is 18.7. The highest BCUT2D eigenvalue weighted by molar-refractivity contribution is 8.17. The van der Waals surface area contributed by atoms with Crippen molar-refractivity contribution in [2.75, 3.05) is 5.75 Å². The highest BCUT2D eigenvalue weighted by Gasteiger charge is 2.34. The SMILES string of the molecule is O=c1[nH]c(=O)n2c3c(cc(C(F)(F)F)cc13)[SH](c1ccc(F)cc1F)CCC2. The van der Waals surface area contributed by atoms with Gasteiger partial charge in [0.25, 0.3) is 5.56 Å². The minimum Gasteiger partial charge on any atom is -0.292 e. The van der Waals surface area contributed by atoms with Crippen LogP contribution in [0, 0.1) is 11.6 Å². The number of aryl methyl sites for hydroxylation is 1. The van der Waals surface area contributed by atoms with E-state index in [0.29, 0.717) is 24.3 Å². The molecule has 1 N–H and O–H groups in total. The standard InChI is InChI=1S/C18H13F5N2O2S/c19-10-2-3-13(12(20)8-10)28-5-1-4-25-15-11(16(26)24-17(25)27)6-9(7-14(15)28)18(21,22)23/h2-3,6-8,28H,1,4-5H2,(H,24,26,27). The Balaban J connectivity index is 2.12. The molecule has 2 aromatic carbocycles. The van der Waals surface area contributed by atoms with Crippen LogP contribution < -0.4 is 11.2 Å². The fourth-order valence-electron chi connectivity index (χ4n) is 3.45. The van der Waals surface area contributed by atoms with Crippen molar-refractivity contribution in [1.82, 2.24) is 9.55 Å². The molecule has 28 heavy (non-hydrogen) atoms. The third-order valence-corrected chi connectivity index (χ3v) is 7.28. The van der Waals surface area contributed by atoms with Crippen molar-refractivity contribution in [2.45, 2.75) is 28.9 Å². The Morgan fingerprint density at radius 1 is 1.04 bits per heavy atom. The van der Waals surface area contributed by atoms with Gasteiger partial charge in [-0.05, 0) is 36.4 Å². The van der Waals surface area contributed by atoms with E-state index in [1.807, 2.05) is 4.98 Å². The van der Waals surface area contributed by atoms with Crippen LogP contribution in [0.3, 0.4) is 0 Å². The van der Waals surface area contributed by atoms with E-state index in [9.17, 15) is 31.5 Å². The van der Waals surface area contributed by atoms with E-state index in [-0.39, 0.29) is 27.2 Å². The molecule has 0 fully saturated rings. The summed E-state index contributed by atoms with van der Waals surface area (Å²) in [5, 5.41) is -0.277. The summed E-state index contributed by atoms with van der Waals surface area (Å²) in [7, 11) is -1.67. The normalized spacial score (nSPS) is 18.2. The maximum atomic E-state index is 14.4. The molecule has 1 aliphatic heterocycles. The molecule has 4 rings (SSSR count). The first-order valence-electron chi connectivity index (χ1n) is 8.27. The number of halogens is 5. The predicted molar refractivity (Wildman–Crippen MR) is 95.2 cm³/mol. The number of hydrogen-bond donors (Lipinski definition) is 2. The summed E-state index contributed by atoms with van der Waals surface area (Å²) in [6, 6.07) is 4.51. The van der Waals surface area contributed by atoms with Crippen molar-refractivity contribution >= 4 is 21.8 Å². The summed E-state index contributed by atoms with van der Waals surface area (Å²) in [5.41, 5.74) is -2.63. The van der Waals surface area contributed by atoms with Crippen LogP contribution in [-0.4, -0.2) is 15.3 Å². The quantitative estimate of drug-likeness (QED) is 0.468. The fraction of sp³-hybridized carbons (Fsp3) is 0.222. The lowest BCUT2D eigenvalue weighted by molar-refractivity contribution is -0.137. The van der Waals surface area contributed by atoms with Gasteiger partial charge in [0, 0.05) is 22.4 Å². The first-order valence-corrected chi connectivity index (χ1v) is 9.80. The molecule has 1 aromatic heterocycles. The molecule has 148 valence electrons. The van der Waals surface area contributed by atoms with Gasteiger partial charge in [0.2, 0.25) is 0 Å². The highest BCUT2D eigenvalue weighted by Crippen LogP contribution is 2.51. The van der Waals surface area contributed by atoms with E-state index in [4.69, 9.17) is 0 Å². The second kappa shape index (κ2) is 6.47. The molecule has 3 aromatic rings. The summed E-state index contributed by atoms with van der Waals surface area (Å²) in [5.74, 6) is -1.37. The molecule has 0 aliphatic carbocycles. The summed E-state index contributed by atoms with van der Waals surface area (Å²) in [6.07, 6.45) is -4.34. The average Bonchev–Trinajstić information content (AvgIpc) is 2.79. The van der Waals surface area contributed by atoms with Crippen molar-refractivity contribution in [3.63, 3.8) is 0 Å². The Bertz CT molecular complexity index is 1220. The predicted octanol–water partition coefficient (Wildman–Crippen LogP) is 3.81. The number of nitrogens with one attached hydrogen (secondary N) is 1. The van der Waals surface area contributed by atoms with E-state index >= 15 is 0 Å². The summed E-state index contributed by atoms with van der Waals surface area (Å²) >= 11 is 0. The summed E-state index contributed by atoms with van der Waals surface area (Å²) in [6.45, 7) is 0.173. The largest absolute Gasteiger partial charge is 0.416 e. The van der Waals surface area contributed by atoms with Gasteiger partial charge in [0.1, 0.15) is 11.6 Å². The van der Waals surface area contributed by atoms with Gasteiger partial charge >= 0.3 is 11.9 Å². The monoisotopic (exact) mass is 416 g/mol. The van der Waals surface area contributed by atoms with E-state index in [1.54, 1.807) is 0 Å². The molecule has 1 unspecified atom stereocenters. The number of nitrogens with zero attached hydrogens (tertiary/aromatic N) is 1. The molecule has 1 atom stereocenters. The van der Waals surface area contributed by atoms with Gasteiger partial charge in [0.15, 0.2) is 0 Å². The van der Waals surface area contributed by atoms with Gasteiger partial charge in [-0.3, -0.25) is 14.3 Å². The molecular weight excluding hydrogens is 403 g/mol.